The van der Waals surface area contributed by atoms with Gasteiger partial charge in [-0.05, 0) is 55.9 Å². The second kappa shape index (κ2) is 10.1. The van der Waals surface area contributed by atoms with Gasteiger partial charge in [0.2, 0.25) is 0 Å². The van der Waals surface area contributed by atoms with Crippen molar-refractivity contribution in [2.24, 2.45) is 0 Å². The van der Waals surface area contributed by atoms with Crippen molar-refractivity contribution in [3.8, 4) is 11.3 Å². The summed E-state index contributed by atoms with van der Waals surface area (Å²) in [6.07, 6.45) is 6.78. The van der Waals surface area contributed by atoms with E-state index in [1.807, 2.05) is 0 Å². The summed E-state index contributed by atoms with van der Waals surface area (Å²) in [5.41, 5.74) is 13.5. The van der Waals surface area contributed by atoms with Gasteiger partial charge in [0.15, 0.2) is 5.65 Å². The number of hydrogen-bond donors (Lipinski definition) is 2. The summed E-state index contributed by atoms with van der Waals surface area (Å²) in [6, 6.07) is 15.6. The maximum atomic E-state index is 6.43. The van der Waals surface area contributed by atoms with Gasteiger partial charge >= 0.3 is 0 Å². The Bertz CT molecular complexity index is 1630. The van der Waals surface area contributed by atoms with E-state index in [9.17, 15) is 0 Å². The zero-order valence-corrected chi connectivity index (χ0v) is 22.3. The number of fused-ring (bicyclic) bond motifs is 2. The SMILES string of the molecule is Cc1ccccc1Cc1nc2ccc(-c3nn([C@H]4CC[C@H](N5CCOCC5)CC4)c4ncnc(N)c34)cc2[nH]1. The molecule has 1 saturated heterocycles. The summed E-state index contributed by atoms with van der Waals surface area (Å²) in [7, 11) is 0. The molecule has 2 aliphatic rings. The quantitative estimate of drug-likeness (QED) is 0.345. The summed E-state index contributed by atoms with van der Waals surface area (Å²) in [5, 5.41) is 5.97. The van der Waals surface area contributed by atoms with Crippen LogP contribution in [0.3, 0.4) is 0 Å². The number of rotatable bonds is 5. The minimum Gasteiger partial charge on any atom is -0.383 e. The minimum atomic E-state index is 0.296. The highest BCUT2D eigenvalue weighted by Gasteiger charge is 2.30. The third-order valence-electron chi connectivity index (χ3n) is 8.52. The summed E-state index contributed by atoms with van der Waals surface area (Å²) in [5.74, 6) is 1.42. The predicted octanol–water partition coefficient (Wildman–Crippen LogP) is 4.67. The van der Waals surface area contributed by atoms with Gasteiger partial charge in [-0.1, -0.05) is 30.3 Å². The van der Waals surface area contributed by atoms with Crippen molar-refractivity contribution in [2.75, 3.05) is 32.0 Å². The first-order valence-electron chi connectivity index (χ1n) is 14.0. The number of anilines is 1. The molecule has 200 valence electrons. The number of nitrogens with zero attached hydrogens (tertiary/aromatic N) is 6. The van der Waals surface area contributed by atoms with Gasteiger partial charge in [-0.15, -0.1) is 0 Å². The number of nitrogens with two attached hydrogens (primary N) is 1. The number of ether oxygens (including phenoxy) is 1. The number of nitrogens with one attached hydrogen (secondary N) is 1. The largest absolute Gasteiger partial charge is 0.383 e. The summed E-state index contributed by atoms with van der Waals surface area (Å²) in [4.78, 5) is 19.9. The Morgan fingerprint density at radius 3 is 2.62 bits per heavy atom. The topological polar surface area (TPSA) is 111 Å². The van der Waals surface area contributed by atoms with Gasteiger partial charge in [0, 0.05) is 31.1 Å². The lowest BCUT2D eigenvalue weighted by Gasteiger charge is -2.38. The van der Waals surface area contributed by atoms with Crippen LogP contribution in [-0.4, -0.2) is 67.0 Å². The number of aryl methyl sites for hydroxylation is 1. The Hall–Kier alpha value is -3.82. The first-order valence-corrected chi connectivity index (χ1v) is 14.0. The number of imidazole rings is 1. The molecule has 2 aromatic carbocycles. The van der Waals surface area contributed by atoms with Gasteiger partial charge in [0.1, 0.15) is 23.7 Å². The van der Waals surface area contributed by atoms with Gasteiger partial charge < -0.3 is 15.5 Å². The molecule has 1 saturated carbocycles. The molecule has 0 bridgehead atoms. The molecule has 9 heteroatoms. The molecule has 39 heavy (non-hydrogen) atoms. The first-order chi connectivity index (χ1) is 19.1. The van der Waals surface area contributed by atoms with Crippen LogP contribution in [0.5, 0.6) is 0 Å². The molecule has 3 N–H and O–H groups in total. The normalized spacial score (nSPS) is 20.6. The van der Waals surface area contributed by atoms with Gasteiger partial charge in [-0.2, -0.15) is 5.10 Å². The van der Waals surface area contributed by atoms with E-state index in [1.54, 1.807) is 6.33 Å². The highest BCUT2D eigenvalue weighted by atomic mass is 16.5. The molecule has 9 nitrogen and oxygen atoms in total. The zero-order chi connectivity index (χ0) is 26.3. The molecule has 0 spiro atoms. The third kappa shape index (κ3) is 4.55. The van der Waals surface area contributed by atoms with Crippen LogP contribution in [0.1, 0.15) is 48.7 Å². The summed E-state index contributed by atoms with van der Waals surface area (Å²) >= 11 is 0. The van der Waals surface area contributed by atoms with Gasteiger partial charge in [0.05, 0.1) is 35.7 Å². The van der Waals surface area contributed by atoms with Gasteiger partial charge in [-0.3, -0.25) is 4.90 Å². The van der Waals surface area contributed by atoms with E-state index in [1.165, 1.54) is 11.1 Å². The molecule has 1 aliphatic heterocycles. The van der Waals surface area contributed by atoms with Crippen LogP contribution >= 0.6 is 0 Å². The van der Waals surface area contributed by atoms with Crippen molar-refractivity contribution in [3.05, 3.63) is 65.7 Å². The average molecular weight is 523 g/mol. The number of aromatic nitrogens is 6. The van der Waals surface area contributed by atoms with Gasteiger partial charge in [-0.25, -0.2) is 19.6 Å². The van der Waals surface area contributed by atoms with Crippen LogP contribution in [0.15, 0.2) is 48.8 Å². The van der Waals surface area contributed by atoms with Crippen LogP contribution in [0.25, 0.3) is 33.3 Å². The van der Waals surface area contributed by atoms with Crippen molar-refractivity contribution in [1.82, 2.24) is 34.6 Å². The van der Waals surface area contributed by atoms with E-state index in [-0.39, 0.29) is 0 Å². The van der Waals surface area contributed by atoms with Crippen molar-refractivity contribution in [3.63, 3.8) is 0 Å². The monoisotopic (exact) mass is 522 g/mol. The molecular formula is C30H34N8O. The van der Waals surface area contributed by atoms with E-state index in [4.69, 9.17) is 20.6 Å². The Morgan fingerprint density at radius 1 is 1.00 bits per heavy atom. The lowest BCUT2D eigenvalue weighted by molar-refractivity contribution is 0.00520. The van der Waals surface area contributed by atoms with Crippen LogP contribution in [-0.2, 0) is 11.2 Å². The fourth-order valence-corrected chi connectivity index (χ4v) is 6.34. The number of aromatic amines is 1. The van der Waals surface area contributed by atoms with E-state index in [0.717, 1.165) is 97.6 Å². The molecule has 1 aliphatic carbocycles. The minimum absolute atomic E-state index is 0.296. The molecule has 3 aromatic heterocycles. The number of benzene rings is 2. The third-order valence-corrected chi connectivity index (χ3v) is 8.52. The van der Waals surface area contributed by atoms with E-state index in [0.29, 0.717) is 17.9 Å². The van der Waals surface area contributed by atoms with Crippen molar-refractivity contribution in [2.45, 2.75) is 51.1 Å². The Kier molecular flexibility index (Phi) is 6.25. The maximum Gasteiger partial charge on any atom is 0.164 e. The Morgan fingerprint density at radius 2 is 1.79 bits per heavy atom. The fraction of sp³-hybridized carbons (Fsp3) is 0.400. The van der Waals surface area contributed by atoms with E-state index >= 15 is 0 Å². The average Bonchev–Trinajstić information content (AvgIpc) is 3.56. The second-order valence-corrected chi connectivity index (χ2v) is 10.9. The number of H-pyrrole nitrogens is 1. The highest BCUT2D eigenvalue weighted by molar-refractivity contribution is 5.99. The van der Waals surface area contributed by atoms with Crippen LogP contribution < -0.4 is 5.73 Å². The van der Waals surface area contributed by atoms with E-state index < -0.39 is 0 Å². The number of hydrogen-bond acceptors (Lipinski definition) is 7. The first kappa shape index (κ1) is 24.2. The standard InChI is InChI=1S/C30H34N8O/c1-19-4-2-3-5-20(19)17-26-34-24-11-6-21(16-25(24)35-26)28-27-29(31)32-18-33-30(27)38(36-28)23-9-7-22(8-10-23)37-12-14-39-15-13-37/h2-6,11,16,18,22-23H,7-10,12-15,17H2,1H3,(H,34,35)(H2,31,32,33)/t22-,23-. The lowest BCUT2D eigenvalue weighted by Crippen LogP contribution is -2.45. The van der Waals surface area contributed by atoms with Crippen molar-refractivity contribution in [1.29, 1.82) is 0 Å². The predicted molar refractivity (Wildman–Crippen MR) is 152 cm³/mol. The van der Waals surface area contributed by atoms with Crippen LogP contribution in [0.4, 0.5) is 5.82 Å². The molecule has 5 aromatic rings. The molecule has 2 fully saturated rings. The maximum absolute atomic E-state index is 6.43. The van der Waals surface area contributed by atoms with Gasteiger partial charge in [0.25, 0.3) is 0 Å². The van der Waals surface area contributed by atoms with Crippen molar-refractivity contribution < 1.29 is 4.74 Å². The molecule has 0 unspecified atom stereocenters. The molecule has 0 atom stereocenters. The smallest absolute Gasteiger partial charge is 0.164 e. The zero-order valence-electron chi connectivity index (χ0n) is 22.3. The molecule has 7 rings (SSSR count). The number of nitrogen functional groups attached to an aromatic ring is 1. The highest BCUT2D eigenvalue weighted by Crippen LogP contribution is 2.37. The van der Waals surface area contributed by atoms with E-state index in [2.05, 4.69) is 73.9 Å². The van der Waals surface area contributed by atoms with Crippen LogP contribution in [0.2, 0.25) is 0 Å². The number of morpholine rings is 1. The molecule has 4 heterocycles. The Balaban J connectivity index is 1.19. The second-order valence-electron chi connectivity index (χ2n) is 10.9. The molecule has 0 radical (unpaired) electrons. The van der Waals surface area contributed by atoms with Crippen molar-refractivity contribution >= 4 is 27.9 Å². The summed E-state index contributed by atoms with van der Waals surface area (Å²) in [6.45, 7) is 5.90. The van der Waals surface area contributed by atoms with Crippen LogP contribution in [0, 0.1) is 6.92 Å². The Labute approximate surface area is 227 Å². The summed E-state index contributed by atoms with van der Waals surface area (Å²) < 4.78 is 7.67. The molecular weight excluding hydrogens is 488 g/mol. The fourth-order valence-electron chi connectivity index (χ4n) is 6.34. The lowest BCUT2D eigenvalue weighted by atomic mass is 9.90. The molecule has 0 amide bonds.